The van der Waals surface area contributed by atoms with Gasteiger partial charge in [0.25, 0.3) is 0 Å². The minimum absolute atomic E-state index is 0.619. The Bertz CT molecular complexity index is 507. The van der Waals surface area contributed by atoms with Crippen molar-refractivity contribution >= 4 is 5.82 Å². The van der Waals surface area contributed by atoms with Crippen LogP contribution >= 0.6 is 0 Å². The Kier molecular flexibility index (Phi) is 3.04. The van der Waals surface area contributed by atoms with E-state index in [4.69, 9.17) is 0 Å². The van der Waals surface area contributed by atoms with Crippen LogP contribution in [0.4, 0.5) is 5.82 Å². The number of anilines is 1. The van der Waals surface area contributed by atoms with Crippen molar-refractivity contribution < 1.29 is 0 Å². The number of nitrogens with one attached hydrogen (secondary N) is 1. The van der Waals surface area contributed by atoms with Crippen LogP contribution in [-0.2, 0) is 13.6 Å². The summed E-state index contributed by atoms with van der Waals surface area (Å²) in [6, 6.07) is 2.59. The number of hydrogen-bond donors (Lipinski definition) is 1. The van der Waals surface area contributed by atoms with Gasteiger partial charge in [-0.1, -0.05) is 12.8 Å². The van der Waals surface area contributed by atoms with Crippen molar-refractivity contribution in [1.82, 2.24) is 19.6 Å². The summed E-state index contributed by atoms with van der Waals surface area (Å²) in [6.07, 6.45) is 11.3. The topological polar surface area (TPSA) is 47.7 Å². The van der Waals surface area contributed by atoms with E-state index in [0.717, 1.165) is 12.4 Å². The Morgan fingerprint density at radius 1 is 1.39 bits per heavy atom. The fourth-order valence-corrected chi connectivity index (χ4v) is 2.54. The van der Waals surface area contributed by atoms with Gasteiger partial charge in [0.2, 0.25) is 0 Å². The van der Waals surface area contributed by atoms with E-state index in [1.807, 2.05) is 25.5 Å². The zero-order valence-corrected chi connectivity index (χ0v) is 10.7. The van der Waals surface area contributed by atoms with Crippen molar-refractivity contribution in [1.29, 1.82) is 0 Å². The van der Waals surface area contributed by atoms with E-state index >= 15 is 0 Å². The van der Waals surface area contributed by atoms with Crippen molar-refractivity contribution in [2.75, 3.05) is 5.32 Å². The Hall–Kier alpha value is -1.78. The van der Waals surface area contributed by atoms with E-state index in [9.17, 15) is 0 Å². The molecule has 18 heavy (non-hydrogen) atoms. The van der Waals surface area contributed by atoms with E-state index in [2.05, 4.69) is 26.4 Å². The summed E-state index contributed by atoms with van der Waals surface area (Å²) in [5.74, 6) is 0.908. The molecule has 0 unspecified atom stereocenters. The van der Waals surface area contributed by atoms with Gasteiger partial charge >= 0.3 is 0 Å². The molecule has 0 amide bonds. The number of aromatic nitrogens is 4. The third-order valence-corrected chi connectivity index (χ3v) is 3.54. The highest BCUT2D eigenvalue weighted by Crippen LogP contribution is 2.28. The third-order valence-electron chi connectivity index (χ3n) is 3.54. The second-order valence-electron chi connectivity index (χ2n) is 5.00. The fraction of sp³-hybridized carbons (Fsp3) is 0.538. The van der Waals surface area contributed by atoms with Gasteiger partial charge in [-0.25, -0.2) is 0 Å². The maximum atomic E-state index is 4.47. The quantitative estimate of drug-likeness (QED) is 0.899. The zero-order chi connectivity index (χ0) is 12.4. The van der Waals surface area contributed by atoms with Crippen LogP contribution in [0.25, 0.3) is 0 Å². The molecule has 5 nitrogen and oxygen atoms in total. The highest BCUT2D eigenvalue weighted by Gasteiger charge is 2.17. The summed E-state index contributed by atoms with van der Waals surface area (Å²) in [4.78, 5) is 0. The lowest BCUT2D eigenvalue weighted by Gasteiger charge is -2.08. The molecular weight excluding hydrogens is 226 g/mol. The van der Waals surface area contributed by atoms with Gasteiger partial charge in [-0.2, -0.15) is 10.2 Å². The second kappa shape index (κ2) is 4.84. The first kappa shape index (κ1) is 11.3. The fourth-order valence-electron chi connectivity index (χ4n) is 2.54. The van der Waals surface area contributed by atoms with Gasteiger partial charge in [-0.05, 0) is 12.8 Å². The molecule has 0 atom stereocenters. The Labute approximate surface area is 107 Å². The molecule has 2 aromatic rings. The highest BCUT2D eigenvalue weighted by molar-refractivity contribution is 5.33. The summed E-state index contributed by atoms with van der Waals surface area (Å²) >= 11 is 0. The molecule has 1 saturated carbocycles. The van der Waals surface area contributed by atoms with Crippen LogP contribution in [0.5, 0.6) is 0 Å². The normalized spacial score (nSPS) is 16.3. The van der Waals surface area contributed by atoms with Crippen molar-refractivity contribution in [2.24, 2.45) is 7.05 Å². The maximum absolute atomic E-state index is 4.47. The summed E-state index contributed by atoms with van der Waals surface area (Å²) < 4.78 is 3.92. The number of aryl methyl sites for hydroxylation is 1. The summed E-state index contributed by atoms with van der Waals surface area (Å²) in [5.41, 5.74) is 1.22. The molecular formula is C13H19N5. The SMILES string of the molecule is Cn1ccc(NCc2cnn(C3CCCC3)c2)n1. The van der Waals surface area contributed by atoms with Gasteiger partial charge in [-0.15, -0.1) is 0 Å². The molecule has 2 heterocycles. The predicted octanol–water partition coefficient (Wildman–Crippen LogP) is 2.34. The van der Waals surface area contributed by atoms with Crippen LogP contribution in [-0.4, -0.2) is 19.6 Å². The number of rotatable bonds is 4. The maximum Gasteiger partial charge on any atom is 0.148 e. The lowest BCUT2D eigenvalue weighted by atomic mass is 10.2. The first-order chi connectivity index (χ1) is 8.81. The predicted molar refractivity (Wildman–Crippen MR) is 70.3 cm³/mol. The average Bonchev–Trinajstić information content (AvgIpc) is 3.07. The minimum Gasteiger partial charge on any atom is -0.364 e. The third kappa shape index (κ3) is 2.39. The highest BCUT2D eigenvalue weighted by atomic mass is 15.3. The molecule has 5 heteroatoms. The second-order valence-corrected chi connectivity index (χ2v) is 5.00. The van der Waals surface area contributed by atoms with E-state index in [-0.39, 0.29) is 0 Å². The van der Waals surface area contributed by atoms with Gasteiger partial charge in [0.05, 0.1) is 12.2 Å². The van der Waals surface area contributed by atoms with Gasteiger partial charge in [0, 0.05) is 37.6 Å². The largest absolute Gasteiger partial charge is 0.364 e. The number of nitrogens with zero attached hydrogens (tertiary/aromatic N) is 4. The summed E-state index contributed by atoms with van der Waals surface area (Å²) in [6.45, 7) is 0.781. The van der Waals surface area contributed by atoms with E-state index in [0.29, 0.717) is 6.04 Å². The van der Waals surface area contributed by atoms with Crippen molar-refractivity contribution in [3.05, 3.63) is 30.2 Å². The molecule has 1 aliphatic carbocycles. The minimum atomic E-state index is 0.619. The number of hydrogen-bond acceptors (Lipinski definition) is 3. The Balaban J connectivity index is 1.59. The lowest BCUT2D eigenvalue weighted by Crippen LogP contribution is -2.05. The van der Waals surface area contributed by atoms with Gasteiger partial charge in [0.1, 0.15) is 5.82 Å². The molecule has 96 valence electrons. The van der Waals surface area contributed by atoms with E-state index in [1.165, 1.54) is 31.2 Å². The van der Waals surface area contributed by atoms with Crippen LogP contribution in [0.2, 0.25) is 0 Å². The van der Waals surface area contributed by atoms with Gasteiger partial charge < -0.3 is 5.32 Å². The molecule has 1 N–H and O–H groups in total. The van der Waals surface area contributed by atoms with E-state index < -0.39 is 0 Å². The van der Waals surface area contributed by atoms with Crippen LogP contribution in [0, 0.1) is 0 Å². The van der Waals surface area contributed by atoms with Crippen LogP contribution < -0.4 is 5.32 Å². The van der Waals surface area contributed by atoms with Crippen LogP contribution in [0.1, 0.15) is 37.3 Å². The van der Waals surface area contributed by atoms with Crippen molar-refractivity contribution in [2.45, 2.75) is 38.3 Å². The van der Waals surface area contributed by atoms with Gasteiger partial charge in [-0.3, -0.25) is 9.36 Å². The molecule has 2 aromatic heterocycles. The summed E-state index contributed by atoms with van der Waals surface area (Å²) in [7, 11) is 1.92. The molecule has 0 saturated heterocycles. The average molecular weight is 245 g/mol. The molecule has 0 spiro atoms. The standard InChI is InChI=1S/C13H19N5/c1-17-7-6-13(16-17)14-8-11-9-15-18(10-11)12-4-2-3-5-12/h6-7,9-10,12H,2-5,8H2,1H3,(H,14,16). The smallest absolute Gasteiger partial charge is 0.148 e. The molecule has 0 bridgehead atoms. The Morgan fingerprint density at radius 2 is 2.22 bits per heavy atom. The van der Waals surface area contributed by atoms with Crippen molar-refractivity contribution in [3.8, 4) is 0 Å². The summed E-state index contributed by atoms with van der Waals surface area (Å²) in [5, 5.41) is 12.1. The van der Waals surface area contributed by atoms with E-state index in [1.54, 1.807) is 4.68 Å². The first-order valence-corrected chi connectivity index (χ1v) is 6.58. The molecule has 1 aliphatic rings. The zero-order valence-electron chi connectivity index (χ0n) is 10.7. The molecule has 0 radical (unpaired) electrons. The van der Waals surface area contributed by atoms with Gasteiger partial charge in [0.15, 0.2) is 0 Å². The Morgan fingerprint density at radius 3 is 2.94 bits per heavy atom. The monoisotopic (exact) mass is 245 g/mol. The van der Waals surface area contributed by atoms with Crippen molar-refractivity contribution in [3.63, 3.8) is 0 Å². The molecule has 1 fully saturated rings. The first-order valence-electron chi connectivity index (χ1n) is 6.58. The van der Waals surface area contributed by atoms with Crippen LogP contribution in [0.3, 0.4) is 0 Å². The van der Waals surface area contributed by atoms with Crippen LogP contribution in [0.15, 0.2) is 24.7 Å². The molecule has 0 aliphatic heterocycles. The molecule has 0 aromatic carbocycles. The molecule has 3 rings (SSSR count). The lowest BCUT2D eigenvalue weighted by molar-refractivity contribution is 0.466.